The van der Waals surface area contributed by atoms with Crippen molar-refractivity contribution in [2.24, 2.45) is 0 Å². The van der Waals surface area contributed by atoms with Gasteiger partial charge in [-0.15, -0.1) is 0 Å². The maximum atomic E-state index is 11.6. The van der Waals surface area contributed by atoms with Gasteiger partial charge in [0.1, 0.15) is 24.6 Å². The largest absolute Gasteiger partial charge is 0.414 e. The molecule has 14 heteroatoms. The van der Waals surface area contributed by atoms with Gasteiger partial charge in [0.25, 0.3) is 0 Å². The Balaban J connectivity index is 2.33. The van der Waals surface area contributed by atoms with E-state index in [9.17, 15) is 5.21 Å². The molecule has 3 N–H and O–H groups in total. The highest BCUT2D eigenvalue weighted by Gasteiger charge is 2.56. The smallest absolute Gasteiger partial charge is 0.234 e. The van der Waals surface area contributed by atoms with E-state index in [4.69, 9.17) is 28.7 Å². The molecule has 264 valence electrons. The van der Waals surface area contributed by atoms with Crippen LogP contribution in [0.2, 0.25) is 54.4 Å². The van der Waals surface area contributed by atoms with Gasteiger partial charge in [0.15, 0.2) is 48.2 Å². The van der Waals surface area contributed by atoms with Crippen LogP contribution >= 0.6 is 0 Å². The number of nitrogen functional groups attached to an aromatic ring is 1. The van der Waals surface area contributed by atoms with Crippen LogP contribution < -0.4 is 10.8 Å². The maximum Gasteiger partial charge on any atom is 0.234 e. The van der Waals surface area contributed by atoms with E-state index in [1.807, 2.05) is 25.3 Å². The summed E-state index contributed by atoms with van der Waals surface area (Å²) in [6.07, 6.45) is -0.782. The normalized spacial score (nSPS) is 22.6. The summed E-state index contributed by atoms with van der Waals surface area (Å²) in [7, 11) is -6.91. The zero-order valence-electron chi connectivity index (χ0n) is 32.0. The second-order valence-corrected chi connectivity index (χ2v) is 32.8. The monoisotopic (exact) mass is 696 g/mol. The fourth-order valence-electron chi connectivity index (χ4n) is 4.46. The third kappa shape index (κ3) is 7.74. The lowest BCUT2D eigenvalue weighted by atomic mass is 10.1. The van der Waals surface area contributed by atoms with Crippen molar-refractivity contribution in [3.8, 4) is 0 Å². The van der Waals surface area contributed by atoms with Crippen LogP contribution in [0.15, 0.2) is 6.33 Å². The summed E-state index contributed by atoms with van der Waals surface area (Å²) in [6, 6.07) is 0. The second-order valence-electron chi connectivity index (χ2n) is 18.5. The zero-order chi connectivity index (χ0) is 35.6. The molecular formula is C32H64N6O5Si3. The van der Waals surface area contributed by atoms with Crippen molar-refractivity contribution >= 4 is 47.9 Å². The number of fused-ring (bicyclic) bond motifs is 1. The first-order valence-corrected chi connectivity index (χ1v) is 25.3. The molecule has 0 aromatic carbocycles. The topological polar surface area (TPSA) is 130 Å². The van der Waals surface area contributed by atoms with E-state index in [0.717, 1.165) is 5.06 Å². The number of hydrogen-bond donors (Lipinski definition) is 2. The van der Waals surface area contributed by atoms with Crippen molar-refractivity contribution in [2.45, 2.75) is 168 Å². The molecule has 4 atom stereocenters. The molecule has 0 radical (unpaired) electrons. The number of aromatic nitrogens is 4. The Morgan fingerprint density at radius 2 is 1.28 bits per heavy atom. The van der Waals surface area contributed by atoms with Gasteiger partial charge in [-0.2, -0.15) is 0 Å². The van der Waals surface area contributed by atoms with E-state index in [-0.39, 0.29) is 26.9 Å². The number of nitrogens with two attached hydrogens (primary N) is 1. The highest BCUT2D eigenvalue weighted by Crippen LogP contribution is 2.48. The Labute approximate surface area is 281 Å². The molecule has 0 bridgehead atoms. The van der Waals surface area contributed by atoms with Gasteiger partial charge in [-0.05, 0) is 75.2 Å². The molecule has 1 aliphatic heterocycles. The molecule has 2 aromatic rings. The molecule has 1 aliphatic rings. The summed E-state index contributed by atoms with van der Waals surface area (Å²) in [5, 5.41) is 12.6. The average Bonchev–Trinajstić information content (AvgIpc) is 3.38. The molecule has 46 heavy (non-hydrogen) atoms. The molecule has 0 amide bonds. The Morgan fingerprint density at radius 1 is 0.804 bits per heavy atom. The number of hydrogen-bond acceptors (Lipinski definition) is 10. The van der Waals surface area contributed by atoms with Crippen LogP contribution in [0.3, 0.4) is 0 Å². The summed E-state index contributed by atoms with van der Waals surface area (Å²) in [6.45, 7) is 39.7. The second kappa shape index (κ2) is 12.5. The predicted octanol–water partition coefficient (Wildman–Crippen LogP) is 8.10. The molecule has 0 aliphatic carbocycles. The van der Waals surface area contributed by atoms with Crippen molar-refractivity contribution in [1.29, 1.82) is 0 Å². The lowest BCUT2D eigenvalue weighted by Gasteiger charge is -2.44. The van der Waals surface area contributed by atoms with E-state index >= 15 is 0 Å². The first-order chi connectivity index (χ1) is 20.4. The van der Waals surface area contributed by atoms with E-state index in [0.29, 0.717) is 17.8 Å². The van der Waals surface area contributed by atoms with Crippen LogP contribution in [0, 0.1) is 0 Å². The minimum Gasteiger partial charge on any atom is -0.414 e. The standard InChI is InChI=1S/C32H64N6O5Si3/c1-29(2,3)38(39)28-36-22-25(33)34-20-35-26(22)37(28)27-24(43-46(17,18)32(10,11)12)23(42-45(15,16)31(7,8)9)21(41-27)19-40-44(13,14)30(4,5)6/h20-21,23-24,27,39H,19H2,1-18H3,(H2,33,34,35)/t21-,23-,24-,27-/m1/s1. The summed E-state index contributed by atoms with van der Waals surface area (Å²) < 4.78 is 30.4. The Morgan fingerprint density at radius 3 is 1.74 bits per heavy atom. The first-order valence-electron chi connectivity index (χ1n) is 16.6. The van der Waals surface area contributed by atoms with Crippen LogP contribution in [0.1, 0.15) is 89.3 Å². The Kier molecular flexibility index (Phi) is 10.6. The molecule has 0 saturated carbocycles. The minimum atomic E-state index is -2.41. The molecule has 1 fully saturated rings. The highest BCUT2D eigenvalue weighted by atomic mass is 28.4. The van der Waals surface area contributed by atoms with Gasteiger partial charge in [-0.25, -0.2) is 20.0 Å². The number of nitrogens with zero attached hydrogens (tertiary/aromatic N) is 5. The van der Waals surface area contributed by atoms with Crippen molar-refractivity contribution in [3.63, 3.8) is 0 Å². The third-order valence-electron chi connectivity index (χ3n) is 10.7. The third-order valence-corrected chi connectivity index (χ3v) is 24.2. The predicted molar refractivity (Wildman–Crippen MR) is 195 cm³/mol. The molecular weight excluding hydrogens is 633 g/mol. The van der Waals surface area contributed by atoms with Crippen molar-refractivity contribution in [3.05, 3.63) is 6.33 Å². The van der Waals surface area contributed by atoms with Crippen LogP contribution in [0.25, 0.3) is 11.2 Å². The van der Waals surface area contributed by atoms with Gasteiger partial charge in [-0.3, -0.25) is 9.77 Å². The van der Waals surface area contributed by atoms with E-state index in [2.05, 4.69) is 112 Å². The number of hydroxylamine groups is 1. The number of rotatable bonds is 9. The van der Waals surface area contributed by atoms with Crippen molar-refractivity contribution in [1.82, 2.24) is 19.5 Å². The van der Waals surface area contributed by atoms with E-state index in [1.54, 1.807) is 0 Å². The molecule has 0 spiro atoms. The van der Waals surface area contributed by atoms with Crippen LogP contribution in [0.5, 0.6) is 0 Å². The highest BCUT2D eigenvalue weighted by molar-refractivity contribution is 6.75. The summed E-state index contributed by atoms with van der Waals surface area (Å²) in [5.74, 6) is 0.472. The van der Waals surface area contributed by atoms with Crippen LogP contribution in [0.4, 0.5) is 11.8 Å². The van der Waals surface area contributed by atoms with E-state index in [1.165, 1.54) is 6.33 Å². The Hall–Kier alpha value is -1.40. The fraction of sp³-hybridized carbons (Fsp3) is 0.844. The lowest BCUT2D eigenvalue weighted by Crippen LogP contribution is -2.54. The lowest BCUT2D eigenvalue weighted by molar-refractivity contribution is -0.0477. The van der Waals surface area contributed by atoms with E-state index < -0.39 is 55.0 Å². The summed E-state index contributed by atoms with van der Waals surface area (Å²) >= 11 is 0. The molecule has 1 saturated heterocycles. The van der Waals surface area contributed by atoms with Gasteiger partial charge < -0.3 is 23.7 Å². The van der Waals surface area contributed by atoms with Gasteiger partial charge in [-0.1, -0.05) is 62.3 Å². The molecule has 3 rings (SSSR count). The number of anilines is 2. The SMILES string of the molecule is CC(C)(C)N(O)c1nc2c(N)ncnc2n1[C@@H]1O[C@H](CO[Si](C)(C)C(C)(C)C)[C@@H](O[Si](C)(C)C(C)(C)C)[C@H]1O[Si](C)(C)C(C)(C)C. The van der Waals surface area contributed by atoms with Gasteiger partial charge in [0.2, 0.25) is 5.95 Å². The molecule has 11 nitrogen and oxygen atoms in total. The minimum absolute atomic E-state index is 0.0180. The van der Waals surface area contributed by atoms with Gasteiger partial charge >= 0.3 is 0 Å². The van der Waals surface area contributed by atoms with Crippen molar-refractivity contribution in [2.75, 3.05) is 17.4 Å². The molecule has 3 heterocycles. The molecule has 2 aromatic heterocycles. The van der Waals surface area contributed by atoms with Crippen molar-refractivity contribution < 1.29 is 23.2 Å². The van der Waals surface area contributed by atoms with Crippen LogP contribution in [-0.2, 0) is 18.0 Å². The fourth-order valence-corrected chi connectivity index (χ4v) is 8.08. The average molecular weight is 697 g/mol. The maximum absolute atomic E-state index is 11.6. The quantitative estimate of drug-likeness (QED) is 0.196. The number of ether oxygens (including phenoxy) is 1. The van der Waals surface area contributed by atoms with Crippen LogP contribution in [-0.4, -0.2) is 80.1 Å². The molecule has 0 unspecified atom stereocenters. The Bertz CT molecular complexity index is 1370. The summed E-state index contributed by atoms with van der Waals surface area (Å²) in [5.41, 5.74) is 6.48. The van der Waals surface area contributed by atoms with Gasteiger partial charge in [0, 0.05) is 0 Å². The zero-order valence-corrected chi connectivity index (χ0v) is 35.0. The summed E-state index contributed by atoms with van der Waals surface area (Å²) in [4.78, 5) is 13.6. The first kappa shape index (κ1) is 39.0. The number of imidazole rings is 1. The van der Waals surface area contributed by atoms with Gasteiger partial charge in [0.05, 0.1) is 12.1 Å².